The van der Waals surface area contributed by atoms with Gasteiger partial charge in [0.05, 0.1) is 17.9 Å². The van der Waals surface area contributed by atoms with Crippen LogP contribution < -0.4 is 4.90 Å². The van der Waals surface area contributed by atoms with Crippen LogP contribution in [0.25, 0.3) is 10.9 Å². The number of ether oxygens (including phenoxy) is 1. The molecule has 0 saturated carbocycles. The first kappa shape index (κ1) is 21.2. The molecule has 0 radical (unpaired) electrons. The number of para-hydroxylation sites is 1. The molecule has 2 atom stereocenters. The Hall–Kier alpha value is -4.39. The van der Waals surface area contributed by atoms with Crippen molar-refractivity contribution >= 4 is 34.5 Å². The van der Waals surface area contributed by atoms with E-state index in [-0.39, 0.29) is 18.5 Å². The van der Waals surface area contributed by atoms with Crippen molar-refractivity contribution in [3.8, 4) is 0 Å². The molecule has 0 aliphatic carbocycles. The number of H-pyrrole nitrogens is 1. The summed E-state index contributed by atoms with van der Waals surface area (Å²) in [5, 5.41) is 1.07. The van der Waals surface area contributed by atoms with Crippen molar-refractivity contribution in [1.29, 1.82) is 0 Å². The van der Waals surface area contributed by atoms with Gasteiger partial charge in [-0.2, -0.15) is 0 Å². The molecule has 1 aromatic heterocycles. The number of anilines is 1. The van der Waals surface area contributed by atoms with Crippen LogP contribution in [0.3, 0.4) is 0 Å². The van der Waals surface area contributed by atoms with E-state index in [1.807, 2.05) is 48.5 Å². The number of carbonyl (C=O) groups is 3. The van der Waals surface area contributed by atoms with Crippen molar-refractivity contribution in [2.75, 3.05) is 11.5 Å². The number of fused-ring (bicyclic) bond motifs is 4. The van der Waals surface area contributed by atoms with Gasteiger partial charge in [-0.05, 0) is 48.4 Å². The van der Waals surface area contributed by atoms with Crippen molar-refractivity contribution in [2.24, 2.45) is 0 Å². The summed E-state index contributed by atoms with van der Waals surface area (Å²) in [5.41, 5.74) is 4.74. The molecular formula is C28H23N3O4. The van der Waals surface area contributed by atoms with Crippen LogP contribution in [-0.2, 0) is 16.0 Å². The Morgan fingerprint density at radius 2 is 1.69 bits per heavy atom. The predicted molar refractivity (Wildman–Crippen MR) is 131 cm³/mol. The van der Waals surface area contributed by atoms with Crippen LogP contribution in [0.5, 0.6) is 0 Å². The topological polar surface area (TPSA) is 82.7 Å². The molecule has 7 heteroatoms. The van der Waals surface area contributed by atoms with E-state index in [4.69, 9.17) is 4.74 Å². The van der Waals surface area contributed by atoms with Gasteiger partial charge in [-0.1, -0.05) is 48.5 Å². The molecule has 7 nitrogen and oxygen atoms in total. The second-order valence-corrected chi connectivity index (χ2v) is 8.73. The number of hydrogen-bond donors (Lipinski definition) is 1. The minimum atomic E-state index is -0.621. The summed E-state index contributed by atoms with van der Waals surface area (Å²) in [6.45, 7) is 2.02. The number of esters is 1. The zero-order chi connectivity index (χ0) is 24.1. The maximum absolute atomic E-state index is 13.8. The Kier molecular flexibility index (Phi) is 4.91. The highest BCUT2D eigenvalue weighted by Gasteiger charge is 2.53. The molecule has 0 bridgehead atoms. The Bertz CT molecular complexity index is 1460. The minimum absolute atomic E-state index is 0.268. The zero-order valence-corrected chi connectivity index (χ0v) is 19.1. The molecule has 1 saturated heterocycles. The molecule has 2 aliphatic rings. The zero-order valence-electron chi connectivity index (χ0n) is 19.1. The van der Waals surface area contributed by atoms with Gasteiger partial charge in [0, 0.05) is 23.0 Å². The average molecular weight is 466 g/mol. The van der Waals surface area contributed by atoms with Gasteiger partial charge in [-0.3, -0.25) is 9.69 Å². The maximum atomic E-state index is 13.8. The summed E-state index contributed by atoms with van der Waals surface area (Å²) in [5.74, 6) is -0.708. The van der Waals surface area contributed by atoms with E-state index in [9.17, 15) is 14.4 Å². The van der Waals surface area contributed by atoms with Gasteiger partial charge in [-0.25, -0.2) is 14.5 Å². The average Bonchev–Trinajstić information content (AvgIpc) is 3.38. The van der Waals surface area contributed by atoms with Crippen LogP contribution in [0.1, 0.15) is 40.1 Å². The fourth-order valence-electron chi connectivity index (χ4n) is 5.26. The number of nitrogens with zero attached hydrogens (tertiary/aromatic N) is 2. The van der Waals surface area contributed by atoms with Gasteiger partial charge in [0.15, 0.2) is 0 Å². The van der Waals surface area contributed by atoms with E-state index in [0.29, 0.717) is 17.7 Å². The number of urea groups is 1. The predicted octanol–water partition coefficient (Wildman–Crippen LogP) is 4.83. The van der Waals surface area contributed by atoms with E-state index in [2.05, 4.69) is 11.1 Å². The molecule has 4 aromatic rings. The molecule has 2 aliphatic heterocycles. The standard InChI is InChI=1S/C28H23N3O4/c1-2-35-27(33)18-12-14-19(15-13-18)30-26(32)23-16-21-20-10-6-7-11-22(20)29-24(21)25(31(23)28(30)34)17-8-4-3-5-9-17/h3-15,23,25,29H,2,16H2,1H3/t23-,25-/m1/s1. The highest BCUT2D eigenvalue weighted by Crippen LogP contribution is 2.44. The third-order valence-electron chi connectivity index (χ3n) is 6.80. The van der Waals surface area contributed by atoms with Gasteiger partial charge in [-0.15, -0.1) is 0 Å². The summed E-state index contributed by atoms with van der Waals surface area (Å²) in [7, 11) is 0. The van der Waals surface area contributed by atoms with Crippen molar-refractivity contribution in [2.45, 2.75) is 25.4 Å². The van der Waals surface area contributed by atoms with Crippen LogP contribution in [0.15, 0.2) is 78.9 Å². The van der Waals surface area contributed by atoms with E-state index in [0.717, 1.165) is 27.7 Å². The quantitative estimate of drug-likeness (QED) is 0.346. The first-order chi connectivity index (χ1) is 17.1. The molecule has 6 rings (SSSR count). The van der Waals surface area contributed by atoms with Crippen LogP contribution in [0, 0.1) is 0 Å². The lowest BCUT2D eigenvalue weighted by molar-refractivity contribution is -0.120. The Balaban J connectivity index is 1.44. The minimum Gasteiger partial charge on any atom is -0.462 e. The van der Waals surface area contributed by atoms with E-state index < -0.39 is 18.1 Å². The number of benzene rings is 3. The number of amides is 3. The smallest absolute Gasteiger partial charge is 0.338 e. The van der Waals surface area contributed by atoms with Crippen molar-refractivity contribution in [3.05, 3.63) is 101 Å². The summed E-state index contributed by atoms with van der Waals surface area (Å²) in [6.07, 6.45) is 0.435. The van der Waals surface area contributed by atoms with Crippen molar-refractivity contribution < 1.29 is 19.1 Å². The second kappa shape index (κ2) is 8.13. The lowest BCUT2D eigenvalue weighted by Gasteiger charge is -2.36. The van der Waals surface area contributed by atoms with Crippen LogP contribution >= 0.6 is 0 Å². The van der Waals surface area contributed by atoms with Crippen LogP contribution in [0.4, 0.5) is 10.5 Å². The van der Waals surface area contributed by atoms with Gasteiger partial charge >= 0.3 is 12.0 Å². The molecule has 1 fully saturated rings. The number of rotatable bonds is 4. The first-order valence-electron chi connectivity index (χ1n) is 11.7. The normalized spacial score (nSPS) is 19.1. The van der Waals surface area contributed by atoms with Gasteiger partial charge < -0.3 is 9.72 Å². The molecule has 0 spiro atoms. The molecular weight excluding hydrogens is 442 g/mol. The highest BCUT2D eigenvalue weighted by molar-refractivity contribution is 6.22. The van der Waals surface area contributed by atoms with Gasteiger partial charge in [0.25, 0.3) is 5.91 Å². The fraction of sp³-hybridized carbons (Fsp3) is 0.179. The molecule has 174 valence electrons. The maximum Gasteiger partial charge on any atom is 0.338 e. The largest absolute Gasteiger partial charge is 0.462 e. The fourth-order valence-corrected chi connectivity index (χ4v) is 5.26. The number of nitrogens with one attached hydrogen (secondary N) is 1. The second-order valence-electron chi connectivity index (χ2n) is 8.73. The molecule has 35 heavy (non-hydrogen) atoms. The van der Waals surface area contributed by atoms with E-state index >= 15 is 0 Å². The SMILES string of the molecule is CCOC(=O)c1ccc(N2C(=O)[C@H]3Cc4c([nH]c5ccccc45)[C@@H](c4ccccc4)N3C2=O)cc1. The molecule has 3 heterocycles. The summed E-state index contributed by atoms with van der Waals surface area (Å²) in [6, 6.07) is 22.8. The third kappa shape index (κ3) is 3.23. The number of hydrogen-bond acceptors (Lipinski definition) is 4. The van der Waals surface area contributed by atoms with E-state index in [1.54, 1.807) is 36.1 Å². The monoisotopic (exact) mass is 465 g/mol. The van der Waals surface area contributed by atoms with E-state index in [1.165, 1.54) is 4.90 Å². The molecule has 0 unspecified atom stereocenters. The lowest BCUT2D eigenvalue weighted by atomic mass is 9.89. The summed E-state index contributed by atoms with van der Waals surface area (Å²) >= 11 is 0. The van der Waals surface area contributed by atoms with Crippen LogP contribution in [0.2, 0.25) is 0 Å². The lowest BCUT2D eigenvalue weighted by Crippen LogP contribution is -2.44. The molecule has 3 aromatic carbocycles. The van der Waals surface area contributed by atoms with Crippen molar-refractivity contribution in [3.63, 3.8) is 0 Å². The summed E-state index contributed by atoms with van der Waals surface area (Å²) in [4.78, 5) is 46.0. The summed E-state index contributed by atoms with van der Waals surface area (Å²) < 4.78 is 5.04. The Morgan fingerprint density at radius 1 is 0.971 bits per heavy atom. The van der Waals surface area contributed by atoms with Crippen LogP contribution in [-0.4, -0.2) is 40.4 Å². The van der Waals surface area contributed by atoms with Gasteiger partial charge in [0.2, 0.25) is 0 Å². The number of aromatic amines is 1. The Labute approximate surface area is 201 Å². The number of carbonyl (C=O) groups excluding carboxylic acids is 3. The van der Waals surface area contributed by atoms with Crippen molar-refractivity contribution in [1.82, 2.24) is 9.88 Å². The molecule has 1 N–H and O–H groups in total. The molecule has 3 amide bonds. The highest BCUT2D eigenvalue weighted by atomic mass is 16.5. The first-order valence-corrected chi connectivity index (χ1v) is 11.7. The number of imide groups is 1. The van der Waals surface area contributed by atoms with Gasteiger partial charge in [0.1, 0.15) is 12.1 Å². The number of aromatic nitrogens is 1. The third-order valence-corrected chi connectivity index (χ3v) is 6.80. The Morgan fingerprint density at radius 3 is 2.43 bits per heavy atom.